The lowest BCUT2D eigenvalue weighted by atomic mass is 10.2. The standard InChI is InChI=1S/C19H28N4O/c1-3-23-15-17(13-20-23)14-21-9-6-10-22(12-11-21)16-18-7-4-5-8-19(18)24-2/h4-5,7-8,13,15H,3,6,9-12,14,16H2,1-2H3. The minimum Gasteiger partial charge on any atom is -0.496 e. The molecule has 0 aliphatic carbocycles. The second-order valence-electron chi connectivity index (χ2n) is 6.42. The van der Waals surface area contributed by atoms with Gasteiger partial charge in [-0.3, -0.25) is 14.5 Å². The van der Waals surface area contributed by atoms with Gasteiger partial charge in [-0.05, 0) is 32.5 Å². The molecule has 0 N–H and O–H groups in total. The molecule has 130 valence electrons. The molecule has 0 unspecified atom stereocenters. The Kier molecular flexibility index (Phi) is 5.88. The summed E-state index contributed by atoms with van der Waals surface area (Å²) in [5.74, 6) is 0.991. The van der Waals surface area contributed by atoms with Crippen molar-refractivity contribution in [2.24, 2.45) is 0 Å². The number of benzene rings is 1. The number of para-hydroxylation sites is 1. The fourth-order valence-electron chi connectivity index (χ4n) is 3.33. The van der Waals surface area contributed by atoms with Gasteiger partial charge in [-0.1, -0.05) is 18.2 Å². The first-order valence-electron chi connectivity index (χ1n) is 8.86. The fourth-order valence-corrected chi connectivity index (χ4v) is 3.33. The lowest BCUT2D eigenvalue weighted by Crippen LogP contribution is -2.30. The van der Waals surface area contributed by atoms with E-state index in [9.17, 15) is 0 Å². The molecule has 0 radical (unpaired) electrons. The molecule has 0 saturated carbocycles. The monoisotopic (exact) mass is 328 g/mol. The molecule has 1 saturated heterocycles. The van der Waals surface area contributed by atoms with Crippen molar-refractivity contribution in [3.8, 4) is 5.75 Å². The molecular formula is C19H28N4O. The number of rotatable bonds is 6. The van der Waals surface area contributed by atoms with Crippen LogP contribution in [0.2, 0.25) is 0 Å². The van der Waals surface area contributed by atoms with E-state index in [0.29, 0.717) is 0 Å². The smallest absolute Gasteiger partial charge is 0.123 e. The normalized spacial score (nSPS) is 16.9. The molecule has 1 fully saturated rings. The molecule has 1 aliphatic rings. The molecule has 2 aromatic rings. The number of hydrogen-bond acceptors (Lipinski definition) is 4. The zero-order valence-electron chi connectivity index (χ0n) is 14.8. The Balaban J connectivity index is 1.54. The summed E-state index contributed by atoms with van der Waals surface area (Å²) in [6.07, 6.45) is 5.37. The molecule has 0 atom stereocenters. The largest absolute Gasteiger partial charge is 0.496 e. The van der Waals surface area contributed by atoms with Gasteiger partial charge in [-0.15, -0.1) is 0 Å². The predicted molar refractivity (Wildman–Crippen MR) is 96.1 cm³/mol. The highest BCUT2D eigenvalue weighted by Crippen LogP contribution is 2.20. The summed E-state index contributed by atoms with van der Waals surface area (Å²) in [5, 5.41) is 4.38. The third kappa shape index (κ3) is 4.36. The van der Waals surface area contributed by atoms with E-state index in [1.165, 1.54) is 17.5 Å². The van der Waals surface area contributed by atoms with Crippen molar-refractivity contribution >= 4 is 0 Å². The van der Waals surface area contributed by atoms with E-state index >= 15 is 0 Å². The minimum atomic E-state index is 0.937. The first-order chi connectivity index (χ1) is 11.8. The van der Waals surface area contributed by atoms with Gasteiger partial charge < -0.3 is 4.74 Å². The zero-order valence-corrected chi connectivity index (χ0v) is 14.8. The first-order valence-corrected chi connectivity index (χ1v) is 8.86. The summed E-state index contributed by atoms with van der Waals surface area (Å²) in [6.45, 7) is 9.52. The maximum atomic E-state index is 5.48. The number of ether oxygens (including phenoxy) is 1. The van der Waals surface area contributed by atoms with Crippen molar-refractivity contribution in [2.75, 3.05) is 33.3 Å². The van der Waals surface area contributed by atoms with Gasteiger partial charge in [0.25, 0.3) is 0 Å². The van der Waals surface area contributed by atoms with Crippen molar-refractivity contribution in [1.82, 2.24) is 19.6 Å². The molecular weight excluding hydrogens is 300 g/mol. The van der Waals surface area contributed by atoms with Crippen LogP contribution in [0.5, 0.6) is 5.75 Å². The van der Waals surface area contributed by atoms with Gasteiger partial charge in [-0.2, -0.15) is 5.10 Å². The Hall–Kier alpha value is -1.85. The van der Waals surface area contributed by atoms with E-state index in [1.807, 2.05) is 23.0 Å². The van der Waals surface area contributed by atoms with E-state index in [-0.39, 0.29) is 0 Å². The molecule has 0 amide bonds. The maximum absolute atomic E-state index is 5.48. The summed E-state index contributed by atoms with van der Waals surface area (Å²) in [4.78, 5) is 5.08. The molecule has 1 aromatic heterocycles. The van der Waals surface area contributed by atoms with Gasteiger partial charge in [0, 0.05) is 50.0 Å². The molecule has 0 bridgehead atoms. The number of methoxy groups -OCH3 is 1. The van der Waals surface area contributed by atoms with Crippen molar-refractivity contribution in [3.63, 3.8) is 0 Å². The topological polar surface area (TPSA) is 33.5 Å². The van der Waals surface area contributed by atoms with E-state index in [1.54, 1.807) is 7.11 Å². The molecule has 0 spiro atoms. The van der Waals surface area contributed by atoms with Gasteiger partial charge >= 0.3 is 0 Å². The average Bonchev–Trinajstić information content (AvgIpc) is 2.95. The van der Waals surface area contributed by atoms with Crippen LogP contribution in [0, 0.1) is 0 Å². The lowest BCUT2D eigenvalue weighted by molar-refractivity contribution is 0.245. The number of hydrogen-bond donors (Lipinski definition) is 0. The highest BCUT2D eigenvalue weighted by Gasteiger charge is 2.16. The Morgan fingerprint density at radius 1 is 1.04 bits per heavy atom. The van der Waals surface area contributed by atoms with Crippen LogP contribution in [0.3, 0.4) is 0 Å². The van der Waals surface area contributed by atoms with Crippen molar-refractivity contribution in [2.45, 2.75) is 33.0 Å². The van der Waals surface area contributed by atoms with E-state index < -0.39 is 0 Å². The van der Waals surface area contributed by atoms with E-state index in [2.05, 4.69) is 40.2 Å². The first kappa shape index (κ1) is 17.0. The molecule has 1 aromatic carbocycles. The Bertz CT molecular complexity index is 640. The molecule has 2 heterocycles. The summed E-state index contributed by atoms with van der Waals surface area (Å²) in [7, 11) is 1.75. The van der Waals surface area contributed by atoms with Gasteiger partial charge in [0.05, 0.1) is 13.3 Å². The fraction of sp³-hybridized carbons (Fsp3) is 0.526. The molecule has 5 nitrogen and oxygen atoms in total. The maximum Gasteiger partial charge on any atom is 0.123 e. The molecule has 5 heteroatoms. The van der Waals surface area contributed by atoms with Crippen LogP contribution in [0.4, 0.5) is 0 Å². The third-order valence-corrected chi connectivity index (χ3v) is 4.68. The third-order valence-electron chi connectivity index (χ3n) is 4.68. The van der Waals surface area contributed by atoms with Crippen LogP contribution in [0.25, 0.3) is 0 Å². The summed E-state index contributed by atoms with van der Waals surface area (Å²) in [6, 6.07) is 8.34. The minimum absolute atomic E-state index is 0.937. The van der Waals surface area contributed by atoms with Crippen LogP contribution < -0.4 is 4.74 Å². The van der Waals surface area contributed by atoms with E-state index in [0.717, 1.165) is 51.6 Å². The summed E-state index contributed by atoms with van der Waals surface area (Å²) < 4.78 is 7.49. The van der Waals surface area contributed by atoms with Crippen molar-refractivity contribution < 1.29 is 4.74 Å². The Morgan fingerprint density at radius 3 is 2.50 bits per heavy atom. The zero-order chi connectivity index (χ0) is 16.8. The van der Waals surface area contributed by atoms with Gasteiger partial charge in [0.2, 0.25) is 0 Å². The van der Waals surface area contributed by atoms with E-state index in [4.69, 9.17) is 4.74 Å². The number of aromatic nitrogens is 2. The molecule has 3 rings (SSSR count). The van der Waals surface area contributed by atoms with Crippen LogP contribution in [0.15, 0.2) is 36.7 Å². The second kappa shape index (κ2) is 8.31. The second-order valence-corrected chi connectivity index (χ2v) is 6.42. The predicted octanol–water partition coefficient (Wildman–Crippen LogP) is 2.62. The van der Waals surface area contributed by atoms with Gasteiger partial charge in [0.15, 0.2) is 0 Å². The van der Waals surface area contributed by atoms with Crippen LogP contribution in [0.1, 0.15) is 24.5 Å². The average molecular weight is 328 g/mol. The highest BCUT2D eigenvalue weighted by atomic mass is 16.5. The van der Waals surface area contributed by atoms with Crippen molar-refractivity contribution in [3.05, 3.63) is 47.8 Å². The Morgan fingerprint density at radius 2 is 1.79 bits per heavy atom. The van der Waals surface area contributed by atoms with Crippen LogP contribution in [-0.4, -0.2) is 52.9 Å². The van der Waals surface area contributed by atoms with Gasteiger partial charge in [-0.25, -0.2) is 0 Å². The highest BCUT2D eigenvalue weighted by molar-refractivity contribution is 5.33. The summed E-state index contributed by atoms with van der Waals surface area (Å²) in [5.41, 5.74) is 2.59. The van der Waals surface area contributed by atoms with Gasteiger partial charge in [0.1, 0.15) is 5.75 Å². The molecule has 24 heavy (non-hydrogen) atoms. The number of nitrogens with zero attached hydrogens (tertiary/aromatic N) is 4. The number of aryl methyl sites for hydroxylation is 1. The quantitative estimate of drug-likeness (QED) is 0.816. The van der Waals surface area contributed by atoms with Crippen LogP contribution >= 0.6 is 0 Å². The molecule has 1 aliphatic heterocycles. The van der Waals surface area contributed by atoms with Crippen LogP contribution in [-0.2, 0) is 19.6 Å². The SMILES string of the molecule is CCn1cc(CN2CCCN(Cc3ccccc3OC)CC2)cn1. The lowest BCUT2D eigenvalue weighted by Gasteiger charge is -2.22. The summed E-state index contributed by atoms with van der Waals surface area (Å²) >= 11 is 0. The Labute approximate surface area is 144 Å². The van der Waals surface area contributed by atoms with Crippen molar-refractivity contribution in [1.29, 1.82) is 0 Å².